The van der Waals surface area contributed by atoms with Crippen molar-refractivity contribution in [2.75, 3.05) is 12.0 Å². The second-order valence-electron chi connectivity index (χ2n) is 1.54. The highest BCUT2D eigenvalue weighted by atomic mass is 32.2. The molecule has 0 aromatic heterocycles. The Morgan fingerprint density at radius 1 is 1.56 bits per heavy atom. The third kappa shape index (κ3) is 5.36. The summed E-state index contributed by atoms with van der Waals surface area (Å²) in [5.41, 5.74) is 0. The first kappa shape index (κ1) is 8.49. The number of Topliss-reactive ketones (excluding diaryl/α,β-unsaturated/α-hetero) is 1. The van der Waals surface area contributed by atoms with Gasteiger partial charge in [-0.3, -0.25) is 9.59 Å². The molecule has 0 amide bonds. The third-order valence-corrected chi connectivity index (χ3v) is 1.26. The van der Waals surface area contributed by atoms with Gasteiger partial charge in [0.2, 0.25) is 0 Å². The van der Waals surface area contributed by atoms with Crippen molar-refractivity contribution in [1.82, 2.24) is 0 Å². The summed E-state index contributed by atoms with van der Waals surface area (Å²) in [5, 5.41) is 8.08. The van der Waals surface area contributed by atoms with Crippen molar-refractivity contribution >= 4 is 23.5 Å². The van der Waals surface area contributed by atoms with Crippen LogP contribution in [0.1, 0.15) is 6.42 Å². The van der Waals surface area contributed by atoms with Gasteiger partial charge in [0.05, 0.1) is 5.75 Å². The molecule has 4 heteroatoms. The lowest BCUT2D eigenvalue weighted by molar-refractivity contribution is -0.139. The van der Waals surface area contributed by atoms with E-state index < -0.39 is 5.97 Å². The molecule has 0 aromatic carbocycles. The minimum absolute atomic E-state index is 0.227. The smallest absolute Gasteiger partial charge is 0.310 e. The summed E-state index contributed by atoms with van der Waals surface area (Å²) in [6.07, 6.45) is 1.42. The van der Waals surface area contributed by atoms with Gasteiger partial charge in [-0.2, -0.15) is 11.8 Å². The van der Waals surface area contributed by atoms with Crippen molar-refractivity contribution in [2.24, 2.45) is 0 Å². The van der Waals surface area contributed by atoms with Crippen molar-refractivity contribution in [1.29, 1.82) is 0 Å². The molecule has 0 unspecified atom stereocenters. The second-order valence-corrected chi connectivity index (χ2v) is 2.41. The van der Waals surface area contributed by atoms with Gasteiger partial charge in [0.25, 0.3) is 0 Å². The van der Waals surface area contributed by atoms with E-state index in [1.807, 2.05) is 0 Å². The Hall–Kier alpha value is -0.510. The summed E-state index contributed by atoms with van der Waals surface area (Å²) in [6, 6.07) is 0. The number of thioether (sulfide) groups is 1. The summed E-state index contributed by atoms with van der Waals surface area (Å²) >= 11 is 1.34. The number of ketones is 1. The second kappa shape index (κ2) is 4.38. The van der Waals surface area contributed by atoms with Crippen molar-refractivity contribution in [3.8, 4) is 0 Å². The fourth-order valence-corrected chi connectivity index (χ4v) is 0.805. The van der Waals surface area contributed by atoms with Crippen molar-refractivity contribution < 1.29 is 14.7 Å². The van der Waals surface area contributed by atoms with Crippen LogP contribution in [-0.2, 0) is 9.59 Å². The normalized spacial score (nSPS) is 9.00. The molecule has 0 rings (SSSR count). The zero-order valence-corrected chi connectivity index (χ0v) is 5.90. The number of hydrogen-bond donors (Lipinski definition) is 1. The summed E-state index contributed by atoms with van der Waals surface area (Å²) in [6.45, 7) is 0. The molecule has 0 heterocycles. The lowest BCUT2D eigenvalue weighted by Crippen LogP contribution is -2.08. The van der Waals surface area contributed by atoms with Gasteiger partial charge in [-0.1, -0.05) is 0 Å². The molecule has 0 aliphatic carbocycles. The zero-order valence-electron chi connectivity index (χ0n) is 5.09. The Labute approximate surface area is 57.4 Å². The summed E-state index contributed by atoms with van der Waals surface area (Å²) in [7, 11) is 0. The number of carbonyl (C=O) groups excluding carboxylic acids is 1. The van der Waals surface area contributed by atoms with Gasteiger partial charge >= 0.3 is 5.97 Å². The van der Waals surface area contributed by atoms with E-state index in [0.717, 1.165) is 0 Å². The molecule has 0 saturated carbocycles. The number of hydrogen-bond acceptors (Lipinski definition) is 3. The maximum absolute atomic E-state index is 10.5. The van der Waals surface area contributed by atoms with E-state index in [0.29, 0.717) is 5.75 Å². The molecular weight excluding hydrogens is 140 g/mol. The van der Waals surface area contributed by atoms with E-state index in [-0.39, 0.29) is 12.2 Å². The van der Waals surface area contributed by atoms with Crippen molar-refractivity contribution in [3.63, 3.8) is 0 Å². The minimum Gasteiger partial charge on any atom is -0.481 e. The molecule has 1 N–H and O–H groups in total. The Morgan fingerprint density at radius 3 is 2.44 bits per heavy atom. The van der Waals surface area contributed by atoms with E-state index in [2.05, 4.69) is 0 Å². The SMILES string of the molecule is CSCC(=O)CC(=O)O. The highest BCUT2D eigenvalue weighted by Crippen LogP contribution is 1.94. The molecular formula is C5H8O3S. The maximum atomic E-state index is 10.5. The lowest BCUT2D eigenvalue weighted by atomic mass is 10.3. The minimum atomic E-state index is -1.05. The van der Waals surface area contributed by atoms with E-state index in [4.69, 9.17) is 5.11 Å². The number of rotatable bonds is 4. The molecule has 0 radical (unpaired) electrons. The Bertz CT molecular complexity index is 121. The number of aliphatic carboxylic acids is 1. The molecule has 0 saturated heterocycles. The van der Waals surface area contributed by atoms with Gasteiger partial charge in [-0.15, -0.1) is 0 Å². The highest BCUT2D eigenvalue weighted by Gasteiger charge is 2.04. The van der Waals surface area contributed by atoms with Crippen LogP contribution in [0.3, 0.4) is 0 Å². The third-order valence-electron chi connectivity index (χ3n) is 0.654. The molecule has 0 bridgehead atoms. The van der Waals surface area contributed by atoms with E-state index in [9.17, 15) is 9.59 Å². The van der Waals surface area contributed by atoms with Gasteiger partial charge in [0.1, 0.15) is 6.42 Å². The van der Waals surface area contributed by atoms with Crippen LogP contribution in [0.5, 0.6) is 0 Å². The molecule has 0 aliphatic heterocycles. The van der Waals surface area contributed by atoms with Crippen molar-refractivity contribution in [2.45, 2.75) is 6.42 Å². The lowest BCUT2D eigenvalue weighted by Gasteiger charge is -1.90. The first-order chi connectivity index (χ1) is 4.16. The van der Waals surface area contributed by atoms with E-state index >= 15 is 0 Å². The standard InChI is InChI=1S/C5H8O3S/c1-9-3-4(6)2-5(7)8/h2-3H2,1H3,(H,7,8). The van der Waals surface area contributed by atoms with Crippen LogP contribution in [0.25, 0.3) is 0 Å². The van der Waals surface area contributed by atoms with Crippen LogP contribution >= 0.6 is 11.8 Å². The Kier molecular flexibility index (Phi) is 4.13. The molecule has 0 fully saturated rings. The number of carboxylic acid groups (broad SMARTS) is 1. The van der Waals surface area contributed by atoms with Crippen LogP contribution in [0, 0.1) is 0 Å². The average Bonchev–Trinajstić information content (AvgIpc) is 1.63. The van der Waals surface area contributed by atoms with Gasteiger partial charge < -0.3 is 5.11 Å². The monoisotopic (exact) mass is 148 g/mol. The van der Waals surface area contributed by atoms with Gasteiger partial charge in [-0.05, 0) is 6.26 Å². The largest absolute Gasteiger partial charge is 0.481 e. The van der Waals surface area contributed by atoms with Crippen LogP contribution in [-0.4, -0.2) is 28.9 Å². The molecule has 9 heavy (non-hydrogen) atoms. The molecule has 3 nitrogen and oxygen atoms in total. The molecule has 0 aromatic rings. The molecule has 0 aliphatic rings. The summed E-state index contributed by atoms with van der Waals surface area (Å²) in [4.78, 5) is 20.3. The highest BCUT2D eigenvalue weighted by molar-refractivity contribution is 7.99. The van der Waals surface area contributed by atoms with E-state index in [1.54, 1.807) is 6.26 Å². The predicted molar refractivity (Wildman–Crippen MR) is 35.6 cm³/mol. The average molecular weight is 148 g/mol. The first-order valence-corrected chi connectivity index (χ1v) is 3.78. The number of carboxylic acids is 1. The van der Waals surface area contributed by atoms with Gasteiger partial charge in [0.15, 0.2) is 5.78 Å². The van der Waals surface area contributed by atoms with Gasteiger partial charge in [-0.25, -0.2) is 0 Å². The van der Waals surface area contributed by atoms with Crippen LogP contribution < -0.4 is 0 Å². The maximum Gasteiger partial charge on any atom is 0.310 e. The Morgan fingerprint density at radius 2 is 2.11 bits per heavy atom. The summed E-state index contributed by atoms with van der Waals surface area (Å²) < 4.78 is 0. The Balaban J connectivity index is 3.39. The van der Waals surface area contributed by atoms with Crippen molar-refractivity contribution in [3.05, 3.63) is 0 Å². The van der Waals surface area contributed by atoms with Crippen LogP contribution in [0.4, 0.5) is 0 Å². The summed E-state index contributed by atoms with van der Waals surface area (Å²) in [5.74, 6) is -0.976. The van der Waals surface area contributed by atoms with Crippen LogP contribution in [0.2, 0.25) is 0 Å². The molecule has 0 atom stereocenters. The fraction of sp³-hybridized carbons (Fsp3) is 0.600. The number of carbonyl (C=O) groups is 2. The predicted octanol–water partition coefficient (Wildman–Crippen LogP) is 0.393. The van der Waals surface area contributed by atoms with Crippen LogP contribution in [0.15, 0.2) is 0 Å². The topological polar surface area (TPSA) is 54.4 Å². The zero-order chi connectivity index (χ0) is 7.28. The quantitative estimate of drug-likeness (QED) is 0.586. The molecule has 0 spiro atoms. The first-order valence-electron chi connectivity index (χ1n) is 2.39. The van der Waals surface area contributed by atoms with Gasteiger partial charge in [0, 0.05) is 0 Å². The fourth-order valence-electron chi connectivity index (χ4n) is 0.381. The van der Waals surface area contributed by atoms with E-state index in [1.165, 1.54) is 11.8 Å². The molecule has 52 valence electrons.